The first-order valence-electron chi connectivity index (χ1n) is 7.33. The molecule has 0 saturated carbocycles. The zero-order chi connectivity index (χ0) is 16.0. The summed E-state index contributed by atoms with van der Waals surface area (Å²) in [5.41, 5.74) is 2.79. The molecular formula is C15H17N7S. The van der Waals surface area contributed by atoms with E-state index in [4.69, 9.17) is 0 Å². The van der Waals surface area contributed by atoms with Crippen molar-refractivity contribution in [2.75, 3.05) is 12.4 Å². The van der Waals surface area contributed by atoms with Gasteiger partial charge in [-0.3, -0.25) is 4.68 Å². The summed E-state index contributed by atoms with van der Waals surface area (Å²) in [5.74, 6) is 0.895. The molecule has 0 fully saturated rings. The molecule has 1 aliphatic rings. The largest absolute Gasteiger partial charge is 0.334 e. The molecule has 1 N–H and O–H groups in total. The summed E-state index contributed by atoms with van der Waals surface area (Å²) >= 11 is 1.69. The van der Waals surface area contributed by atoms with Crippen molar-refractivity contribution < 1.29 is 0 Å². The monoisotopic (exact) mass is 327 g/mol. The van der Waals surface area contributed by atoms with Gasteiger partial charge in [0.1, 0.15) is 5.82 Å². The van der Waals surface area contributed by atoms with E-state index in [1.165, 1.54) is 0 Å². The highest BCUT2D eigenvalue weighted by Crippen LogP contribution is 2.31. The average Bonchev–Trinajstić information content (AvgIpc) is 3.20. The molecular weight excluding hydrogens is 310 g/mol. The maximum atomic E-state index is 4.49. The van der Waals surface area contributed by atoms with Gasteiger partial charge in [-0.05, 0) is 38.1 Å². The van der Waals surface area contributed by atoms with Gasteiger partial charge in [0, 0.05) is 36.6 Å². The lowest BCUT2D eigenvalue weighted by molar-refractivity contribution is 0.521. The third kappa shape index (κ3) is 2.49. The first-order chi connectivity index (χ1) is 11.1. The number of aromatic nitrogens is 5. The van der Waals surface area contributed by atoms with Crippen LogP contribution in [-0.4, -0.2) is 41.8 Å². The van der Waals surface area contributed by atoms with Crippen LogP contribution in [0.25, 0.3) is 16.8 Å². The molecule has 0 bridgehead atoms. The van der Waals surface area contributed by atoms with Gasteiger partial charge in [-0.25, -0.2) is 9.29 Å². The van der Waals surface area contributed by atoms with Crippen LogP contribution in [0, 0.1) is 0 Å². The molecule has 118 valence electrons. The van der Waals surface area contributed by atoms with Crippen molar-refractivity contribution in [2.24, 2.45) is 7.05 Å². The topological polar surface area (TPSA) is 63.3 Å². The van der Waals surface area contributed by atoms with Crippen molar-refractivity contribution in [1.82, 2.24) is 28.7 Å². The van der Waals surface area contributed by atoms with E-state index in [0.29, 0.717) is 6.04 Å². The normalized spacial score (nSPS) is 18.6. The lowest BCUT2D eigenvalue weighted by Crippen LogP contribution is -2.14. The number of likely N-dealkylation sites (N-methyl/N-ethyl adjacent to an activating group) is 1. The van der Waals surface area contributed by atoms with E-state index in [1.807, 2.05) is 36.2 Å². The molecule has 4 rings (SSSR count). The fourth-order valence-corrected chi connectivity index (χ4v) is 3.48. The number of anilines is 1. The number of aryl methyl sites for hydroxylation is 1. The molecule has 3 aromatic heterocycles. The van der Waals surface area contributed by atoms with E-state index in [1.54, 1.807) is 22.8 Å². The number of rotatable bonds is 3. The number of fused-ring (bicyclic) bond motifs is 1. The minimum absolute atomic E-state index is 0.406. The Morgan fingerprint density at radius 2 is 2.09 bits per heavy atom. The van der Waals surface area contributed by atoms with Crippen LogP contribution < -0.4 is 5.32 Å². The molecule has 3 aromatic rings. The SMILES string of the molecule is CC1C=C(Nc2ccnc3c(-c4cnn(C)c4)cnn23)SN1C. The third-order valence-electron chi connectivity index (χ3n) is 3.88. The molecule has 1 unspecified atom stereocenters. The maximum Gasteiger partial charge on any atom is 0.165 e. The van der Waals surface area contributed by atoms with Gasteiger partial charge in [0.25, 0.3) is 0 Å². The number of hydrogen-bond donors (Lipinski definition) is 1. The molecule has 0 amide bonds. The van der Waals surface area contributed by atoms with Crippen molar-refractivity contribution in [3.05, 3.63) is 42.0 Å². The van der Waals surface area contributed by atoms with Crippen LogP contribution in [0.5, 0.6) is 0 Å². The van der Waals surface area contributed by atoms with Crippen LogP contribution >= 0.6 is 11.9 Å². The fourth-order valence-electron chi connectivity index (χ4n) is 2.53. The summed E-state index contributed by atoms with van der Waals surface area (Å²) < 4.78 is 5.80. The molecule has 0 aliphatic carbocycles. The van der Waals surface area contributed by atoms with Crippen LogP contribution in [0.15, 0.2) is 42.0 Å². The van der Waals surface area contributed by atoms with Crippen LogP contribution in [0.2, 0.25) is 0 Å². The first-order valence-corrected chi connectivity index (χ1v) is 8.10. The van der Waals surface area contributed by atoms with E-state index in [9.17, 15) is 0 Å². The van der Waals surface area contributed by atoms with Gasteiger partial charge in [0.15, 0.2) is 5.65 Å². The van der Waals surface area contributed by atoms with Gasteiger partial charge < -0.3 is 5.32 Å². The van der Waals surface area contributed by atoms with Gasteiger partial charge in [0.05, 0.1) is 17.4 Å². The molecule has 4 heterocycles. The molecule has 0 radical (unpaired) electrons. The number of hydrogen-bond acceptors (Lipinski definition) is 6. The lowest BCUT2D eigenvalue weighted by Gasteiger charge is -2.12. The van der Waals surface area contributed by atoms with Crippen molar-refractivity contribution >= 4 is 23.4 Å². The fraction of sp³-hybridized carbons (Fsp3) is 0.267. The van der Waals surface area contributed by atoms with Gasteiger partial charge >= 0.3 is 0 Å². The summed E-state index contributed by atoms with van der Waals surface area (Å²) in [6.07, 6.45) is 9.61. The summed E-state index contributed by atoms with van der Waals surface area (Å²) in [6, 6.07) is 2.33. The van der Waals surface area contributed by atoms with E-state index < -0.39 is 0 Å². The Bertz CT molecular complexity index is 894. The minimum atomic E-state index is 0.406. The maximum absolute atomic E-state index is 4.49. The van der Waals surface area contributed by atoms with Crippen LogP contribution in [0.4, 0.5) is 5.82 Å². The van der Waals surface area contributed by atoms with E-state index >= 15 is 0 Å². The number of nitrogens with zero attached hydrogens (tertiary/aromatic N) is 6. The molecule has 0 aromatic carbocycles. The van der Waals surface area contributed by atoms with Gasteiger partial charge in [-0.1, -0.05) is 0 Å². The molecule has 0 spiro atoms. The lowest BCUT2D eigenvalue weighted by atomic mass is 10.2. The standard InChI is InChI=1S/C15H17N7S/c1-10-6-14(23-21(10)3)19-13-4-5-16-15-12(8-18-22(13)15)11-7-17-20(2)9-11/h4-10,19H,1-3H3. The minimum Gasteiger partial charge on any atom is -0.334 e. The van der Waals surface area contributed by atoms with E-state index in [2.05, 4.69) is 44.9 Å². The molecule has 8 heteroatoms. The smallest absolute Gasteiger partial charge is 0.165 e. The van der Waals surface area contributed by atoms with Crippen molar-refractivity contribution in [2.45, 2.75) is 13.0 Å². The van der Waals surface area contributed by atoms with E-state index in [0.717, 1.165) is 27.6 Å². The first kappa shape index (κ1) is 14.3. The Morgan fingerprint density at radius 3 is 2.78 bits per heavy atom. The predicted molar refractivity (Wildman–Crippen MR) is 91.7 cm³/mol. The summed E-state index contributed by atoms with van der Waals surface area (Å²) in [6.45, 7) is 2.16. The molecule has 1 atom stereocenters. The molecule has 1 aliphatic heterocycles. The summed E-state index contributed by atoms with van der Waals surface area (Å²) in [5, 5.41) is 13.2. The second-order valence-corrected chi connectivity index (χ2v) is 6.76. The predicted octanol–water partition coefficient (Wildman–Crippen LogP) is 2.37. The zero-order valence-corrected chi connectivity index (χ0v) is 13.9. The summed E-state index contributed by atoms with van der Waals surface area (Å²) in [4.78, 5) is 4.48. The van der Waals surface area contributed by atoms with Crippen LogP contribution in [0.1, 0.15) is 6.92 Å². The van der Waals surface area contributed by atoms with E-state index in [-0.39, 0.29) is 0 Å². The summed E-state index contributed by atoms with van der Waals surface area (Å²) in [7, 11) is 3.98. The van der Waals surface area contributed by atoms with Gasteiger partial charge in [-0.2, -0.15) is 14.7 Å². The Hall–Kier alpha value is -2.32. The Balaban J connectivity index is 1.72. The quantitative estimate of drug-likeness (QED) is 0.745. The van der Waals surface area contributed by atoms with Crippen molar-refractivity contribution in [3.63, 3.8) is 0 Å². The Kier molecular flexibility index (Phi) is 3.35. The average molecular weight is 327 g/mol. The Morgan fingerprint density at radius 1 is 1.22 bits per heavy atom. The number of nitrogens with one attached hydrogen (secondary N) is 1. The van der Waals surface area contributed by atoms with Crippen molar-refractivity contribution in [3.8, 4) is 11.1 Å². The second kappa shape index (κ2) is 5.39. The van der Waals surface area contributed by atoms with Crippen LogP contribution in [0.3, 0.4) is 0 Å². The highest BCUT2D eigenvalue weighted by molar-refractivity contribution is 8.01. The van der Waals surface area contributed by atoms with Crippen molar-refractivity contribution in [1.29, 1.82) is 0 Å². The third-order valence-corrected chi connectivity index (χ3v) is 4.93. The van der Waals surface area contributed by atoms with Gasteiger partial charge in [-0.15, -0.1) is 0 Å². The second-order valence-electron chi connectivity index (χ2n) is 5.56. The highest BCUT2D eigenvalue weighted by Gasteiger charge is 2.20. The van der Waals surface area contributed by atoms with Gasteiger partial charge in [0.2, 0.25) is 0 Å². The molecule has 23 heavy (non-hydrogen) atoms. The molecule has 0 saturated heterocycles. The zero-order valence-electron chi connectivity index (χ0n) is 13.1. The molecule has 7 nitrogen and oxygen atoms in total. The van der Waals surface area contributed by atoms with Crippen LogP contribution in [-0.2, 0) is 7.05 Å². The Labute approximate surface area is 138 Å². The highest BCUT2D eigenvalue weighted by atomic mass is 32.2.